The number of carbonyl (C=O) groups excluding carboxylic acids is 2. The molecule has 1 atom stereocenters. The third-order valence-electron chi connectivity index (χ3n) is 3.97. The predicted octanol–water partition coefficient (Wildman–Crippen LogP) is 3.53. The van der Waals surface area contributed by atoms with E-state index >= 15 is 0 Å². The van der Waals surface area contributed by atoms with Crippen molar-refractivity contribution in [2.75, 3.05) is 12.4 Å². The minimum Gasteiger partial charge on any atom is -0.324 e. The second-order valence-electron chi connectivity index (χ2n) is 5.49. The number of nitrogens with one attached hydrogen (secondary N) is 1. The summed E-state index contributed by atoms with van der Waals surface area (Å²) in [4.78, 5) is 25.2. The molecule has 1 N–H and O–H groups in total. The van der Waals surface area contributed by atoms with E-state index in [4.69, 9.17) is 34.8 Å². The van der Waals surface area contributed by atoms with Gasteiger partial charge in [-0.2, -0.15) is 0 Å². The number of fused-ring (bicyclic) bond motifs is 1. The van der Waals surface area contributed by atoms with E-state index in [0.717, 1.165) is 7.05 Å². The molecule has 136 valence electrons. The molecular weight excluding hydrogens is 423 g/mol. The topological polar surface area (TPSA) is 83.6 Å². The molecule has 0 aromatic heterocycles. The Morgan fingerprint density at radius 2 is 1.73 bits per heavy atom. The number of nitrogens with zero attached hydrogens (tertiary/aromatic N) is 1. The number of anilines is 1. The lowest BCUT2D eigenvalue weighted by Crippen LogP contribution is -2.45. The predicted molar refractivity (Wildman–Crippen MR) is 99.2 cm³/mol. The van der Waals surface area contributed by atoms with Crippen LogP contribution in [-0.2, 0) is 19.6 Å². The molecule has 0 fully saturated rings. The summed E-state index contributed by atoms with van der Waals surface area (Å²) in [5.74, 6) is -3.19. The smallest absolute Gasteiger partial charge is 0.266 e. The molecule has 0 radical (unpaired) electrons. The molecule has 0 saturated carbocycles. The zero-order valence-corrected chi connectivity index (χ0v) is 16.2. The van der Waals surface area contributed by atoms with Gasteiger partial charge in [-0.1, -0.05) is 46.9 Å². The van der Waals surface area contributed by atoms with Gasteiger partial charge in [-0.3, -0.25) is 9.59 Å². The van der Waals surface area contributed by atoms with E-state index in [1.807, 2.05) is 0 Å². The van der Waals surface area contributed by atoms with Crippen LogP contribution in [0.15, 0.2) is 41.3 Å². The average Bonchev–Trinajstić information content (AvgIpc) is 2.59. The lowest BCUT2D eigenvalue weighted by Gasteiger charge is -2.31. The fourth-order valence-corrected chi connectivity index (χ4v) is 4.68. The Morgan fingerprint density at radius 3 is 2.38 bits per heavy atom. The molecule has 3 rings (SSSR count). The largest absolute Gasteiger partial charge is 0.324 e. The number of likely N-dealkylation sites (N-methyl/N-ethyl adjacent to an activating group) is 1. The van der Waals surface area contributed by atoms with Gasteiger partial charge in [0.05, 0.1) is 25.7 Å². The van der Waals surface area contributed by atoms with E-state index in [0.29, 0.717) is 4.31 Å². The van der Waals surface area contributed by atoms with Crippen LogP contribution in [0.25, 0.3) is 0 Å². The molecule has 10 heteroatoms. The first-order valence-corrected chi connectivity index (χ1v) is 9.79. The fraction of sp³-hybridized carbons (Fsp3) is 0.125. The maximum absolute atomic E-state index is 12.8. The number of para-hydroxylation sites is 1. The quantitative estimate of drug-likeness (QED) is 0.734. The second kappa shape index (κ2) is 6.74. The van der Waals surface area contributed by atoms with E-state index < -0.39 is 27.8 Å². The summed E-state index contributed by atoms with van der Waals surface area (Å²) in [6.45, 7) is 0. The lowest BCUT2D eigenvalue weighted by molar-refractivity contribution is -0.132. The van der Waals surface area contributed by atoms with Gasteiger partial charge in [-0.25, -0.2) is 12.7 Å². The fourth-order valence-electron chi connectivity index (χ4n) is 2.62. The van der Waals surface area contributed by atoms with Crippen molar-refractivity contribution in [2.45, 2.75) is 10.8 Å². The Balaban J connectivity index is 2.16. The van der Waals surface area contributed by atoms with Gasteiger partial charge in [-0.15, -0.1) is 0 Å². The van der Waals surface area contributed by atoms with Gasteiger partial charge in [0.2, 0.25) is 5.91 Å². The summed E-state index contributed by atoms with van der Waals surface area (Å²) < 4.78 is 25.5. The molecule has 1 heterocycles. The summed E-state index contributed by atoms with van der Waals surface area (Å²) in [6.07, 6.45) is 0. The number of sulfonamides is 1. The molecule has 2 aromatic rings. The molecule has 6 nitrogen and oxygen atoms in total. The van der Waals surface area contributed by atoms with Crippen molar-refractivity contribution < 1.29 is 18.0 Å². The lowest BCUT2D eigenvalue weighted by atomic mass is 9.96. The van der Waals surface area contributed by atoms with E-state index in [9.17, 15) is 18.0 Å². The van der Waals surface area contributed by atoms with Crippen LogP contribution in [0.4, 0.5) is 5.69 Å². The first-order chi connectivity index (χ1) is 12.2. The molecule has 0 spiro atoms. The number of halogens is 3. The molecule has 1 aliphatic rings. The molecular formula is C16H11Cl3N2O4S. The van der Waals surface area contributed by atoms with Crippen molar-refractivity contribution in [1.82, 2.24) is 4.31 Å². The van der Waals surface area contributed by atoms with Crippen LogP contribution in [0.1, 0.15) is 11.5 Å². The number of hydrogen-bond donors (Lipinski definition) is 1. The van der Waals surface area contributed by atoms with Crippen molar-refractivity contribution in [1.29, 1.82) is 0 Å². The van der Waals surface area contributed by atoms with E-state index in [1.165, 1.54) is 12.1 Å². The van der Waals surface area contributed by atoms with Gasteiger partial charge in [0.25, 0.3) is 15.9 Å². The summed E-state index contributed by atoms with van der Waals surface area (Å²) in [7, 11) is -3.04. The van der Waals surface area contributed by atoms with E-state index in [-0.39, 0.29) is 31.2 Å². The number of benzene rings is 2. The third-order valence-corrected chi connectivity index (χ3v) is 6.93. The first kappa shape index (κ1) is 19.0. The Labute approximate surface area is 164 Å². The summed E-state index contributed by atoms with van der Waals surface area (Å²) in [5, 5.41) is 2.67. The zero-order valence-electron chi connectivity index (χ0n) is 13.2. The monoisotopic (exact) mass is 432 g/mol. The molecule has 0 saturated heterocycles. The normalized spacial score (nSPS) is 18.4. The van der Waals surface area contributed by atoms with E-state index in [2.05, 4.69) is 5.32 Å². The molecule has 0 aliphatic carbocycles. The van der Waals surface area contributed by atoms with Crippen LogP contribution in [0.3, 0.4) is 0 Å². The minimum atomic E-state index is -4.12. The SMILES string of the molecule is CN1C(=O)C(C(=O)Nc2ccccc2Cl)c2c(ccc(Cl)c2Cl)S1(=O)=O. The van der Waals surface area contributed by atoms with Crippen LogP contribution in [0.2, 0.25) is 15.1 Å². The number of amides is 2. The molecule has 2 amide bonds. The highest BCUT2D eigenvalue weighted by Crippen LogP contribution is 2.42. The third kappa shape index (κ3) is 2.95. The van der Waals surface area contributed by atoms with Gasteiger partial charge >= 0.3 is 0 Å². The Bertz CT molecular complexity index is 1040. The van der Waals surface area contributed by atoms with Gasteiger partial charge in [0, 0.05) is 12.6 Å². The van der Waals surface area contributed by atoms with Crippen molar-refractivity contribution in [3.05, 3.63) is 57.0 Å². The maximum Gasteiger partial charge on any atom is 0.266 e. The highest BCUT2D eigenvalue weighted by molar-refractivity contribution is 7.89. The zero-order chi connectivity index (χ0) is 19.2. The maximum atomic E-state index is 12.8. The van der Waals surface area contributed by atoms with Gasteiger partial charge in [0.15, 0.2) is 0 Å². The Morgan fingerprint density at radius 1 is 1.08 bits per heavy atom. The van der Waals surface area contributed by atoms with Crippen molar-refractivity contribution >= 4 is 62.3 Å². The van der Waals surface area contributed by atoms with Gasteiger partial charge in [0.1, 0.15) is 5.92 Å². The Hall–Kier alpha value is -1.80. The number of carbonyl (C=O) groups is 2. The standard InChI is InChI=1S/C16H11Cl3N2O4S/c1-21-16(23)13(15(22)20-10-5-3-2-4-8(10)17)12-11(26(21,24)25)7-6-9(18)14(12)19/h2-7,13H,1H3,(H,20,22). The van der Waals surface area contributed by atoms with Gasteiger partial charge in [-0.05, 0) is 24.3 Å². The van der Waals surface area contributed by atoms with Crippen LogP contribution < -0.4 is 5.32 Å². The highest BCUT2D eigenvalue weighted by Gasteiger charge is 2.46. The molecule has 1 aliphatic heterocycles. The summed E-state index contributed by atoms with van der Waals surface area (Å²) >= 11 is 18.1. The van der Waals surface area contributed by atoms with E-state index in [1.54, 1.807) is 24.3 Å². The Kier molecular flexibility index (Phi) is 4.92. The average molecular weight is 434 g/mol. The van der Waals surface area contributed by atoms with Crippen molar-refractivity contribution in [3.63, 3.8) is 0 Å². The van der Waals surface area contributed by atoms with Crippen LogP contribution in [-0.4, -0.2) is 31.6 Å². The first-order valence-electron chi connectivity index (χ1n) is 7.22. The highest BCUT2D eigenvalue weighted by atomic mass is 35.5. The molecule has 0 bridgehead atoms. The van der Waals surface area contributed by atoms with Crippen LogP contribution in [0, 0.1) is 0 Å². The second-order valence-corrected chi connectivity index (χ2v) is 8.62. The summed E-state index contributed by atoms with van der Waals surface area (Å²) in [6, 6.07) is 8.96. The molecule has 26 heavy (non-hydrogen) atoms. The van der Waals surface area contributed by atoms with Crippen molar-refractivity contribution in [3.8, 4) is 0 Å². The minimum absolute atomic E-state index is 0.0357. The van der Waals surface area contributed by atoms with Gasteiger partial charge < -0.3 is 5.32 Å². The van der Waals surface area contributed by atoms with Crippen LogP contribution in [0.5, 0.6) is 0 Å². The number of rotatable bonds is 2. The van der Waals surface area contributed by atoms with Crippen molar-refractivity contribution in [2.24, 2.45) is 0 Å². The molecule has 2 aromatic carbocycles. The van der Waals surface area contributed by atoms with Crippen LogP contribution >= 0.6 is 34.8 Å². The molecule has 1 unspecified atom stereocenters. The number of hydrogen-bond acceptors (Lipinski definition) is 4. The summed E-state index contributed by atoms with van der Waals surface area (Å²) in [5.41, 5.74) is 0.134.